The molecule has 1 aromatic carbocycles. The number of nitrogens with zero attached hydrogens (tertiary/aromatic N) is 3. The average molecular weight is 271 g/mol. The molecule has 0 spiro atoms. The van der Waals surface area contributed by atoms with Crippen LogP contribution >= 0.6 is 0 Å². The van der Waals surface area contributed by atoms with Crippen molar-refractivity contribution in [2.24, 2.45) is 0 Å². The lowest BCUT2D eigenvalue weighted by Gasteiger charge is -2.12. The molecule has 0 atom stereocenters. The minimum absolute atomic E-state index is 0.365. The van der Waals surface area contributed by atoms with E-state index in [1.165, 1.54) is 11.1 Å². The van der Waals surface area contributed by atoms with Crippen LogP contribution in [0.5, 0.6) is 0 Å². The van der Waals surface area contributed by atoms with Crippen LogP contribution in [-0.4, -0.2) is 25.8 Å². The van der Waals surface area contributed by atoms with Crippen LogP contribution in [0.1, 0.15) is 34.0 Å². The molecule has 104 valence electrons. The summed E-state index contributed by atoms with van der Waals surface area (Å²) in [6.07, 6.45) is 3.96. The summed E-state index contributed by atoms with van der Waals surface area (Å²) in [6, 6.07) is 5.39. The number of rotatable bonds is 4. The van der Waals surface area contributed by atoms with Gasteiger partial charge in [-0.1, -0.05) is 6.07 Å². The molecule has 1 N–H and O–H groups in total. The normalized spacial score (nSPS) is 14.4. The first kappa shape index (κ1) is 12.9. The summed E-state index contributed by atoms with van der Waals surface area (Å²) in [7, 11) is 0. The van der Waals surface area contributed by atoms with Gasteiger partial charge in [0.25, 0.3) is 0 Å². The summed E-state index contributed by atoms with van der Waals surface area (Å²) in [5.41, 5.74) is 3.90. The zero-order chi connectivity index (χ0) is 14.1. The number of hydrogen-bond acceptors (Lipinski definition) is 3. The highest BCUT2D eigenvalue weighted by molar-refractivity contribution is 5.87. The van der Waals surface area contributed by atoms with Gasteiger partial charge < -0.3 is 5.11 Å². The molecule has 0 aliphatic carbocycles. The van der Waals surface area contributed by atoms with Crippen LogP contribution in [0.25, 0.3) is 0 Å². The summed E-state index contributed by atoms with van der Waals surface area (Å²) in [5.74, 6) is -0.865. The molecule has 1 aromatic heterocycles. The van der Waals surface area contributed by atoms with Crippen molar-refractivity contribution in [2.45, 2.75) is 33.1 Å². The van der Waals surface area contributed by atoms with Crippen molar-refractivity contribution in [3.8, 4) is 0 Å². The van der Waals surface area contributed by atoms with Crippen LogP contribution in [0.15, 0.2) is 30.6 Å². The summed E-state index contributed by atoms with van der Waals surface area (Å²) < 4.78 is 1.92. The topological polar surface area (TPSA) is 58.4 Å². The van der Waals surface area contributed by atoms with E-state index in [-0.39, 0.29) is 0 Å². The van der Waals surface area contributed by atoms with Gasteiger partial charge in [0.1, 0.15) is 0 Å². The number of aromatic nitrogens is 2. The van der Waals surface area contributed by atoms with E-state index in [4.69, 9.17) is 5.11 Å². The lowest BCUT2D eigenvalue weighted by atomic mass is 10.1. The Balaban J connectivity index is 1.72. The van der Waals surface area contributed by atoms with Gasteiger partial charge in [0.15, 0.2) is 0 Å². The molecular weight excluding hydrogens is 254 g/mol. The Hall–Kier alpha value is -2.14. The second-order valence-electron chi connectivity index (χ2n) is 5.14. The third-order valence-electron chi connectivity index (χ3n) is 3.66. The molecule has 1 aliphatic rings. The van der Waals surface area contributed by atoms with E-state index in [0.717, 1.165) is 31.7 Å². The molecular formula is C15H17N3O2. The monoisotopic (exact) mass is 271 g/mol. The van der Waals surface area contributed by atoms with E-state index in [1.54, 1.807) is 12.1 Å². The zero-order valence-electron chi connectivity index (χ0n) is 11.4. The fraction of sp³-hybridized carbons (Fsp3) is 0.333. The molecule has 0 saturated carbocycles. The highest BCUT2D eigenvalue weighted by Crippen LogP contribution is 2.25. The van der Waals surface area contributed by atoms with Gasteiger partial charge in [0.2, 0.25) is 0 Å². The van der Waals surface area contributed by atoms with E-state index in [9.17, 15) is 4.79 Å². The molecule has 1 aliphatic heterocycles. The second kappa shape index (κ2) is 5.09. The average Bonchev–Trinajstić information content (AvgIpc) is 3.03. The number of benzene rings is 1. The third-order valence-corrected chi connectivity index (χ3v) is 3.66. The standard InChI is InChI=1S/C15H17N3O2/c1-2-18-8-11(6-16-18)7-17-9-13-4-3-12(15(19)20)5-14(13)10-17/h3-6,8H,2,7,9-10H2,1H3,(H,19,20). The van der Waals surface area contributed by atoms with Gasteiger partial charge in [-0.05, 0) is 30.2 Å². The molecule has 0 saturated heterocycles. The van der Waals surface area contributed by atoms with Crippen molar-refractivity contribution in [3.63, 3.8) is 0 Å². The Morgan fingerprint density at radius 1 is 1.35 bits per heavy atom. The molecule has 0 amide bonds. The van der Waals surface area contributed by atoms with Crippen molar-refractivity contribution in [2.75, 3.05) is 0 Å². The summed E-state index contributed by atoms with van der Waals surface area (Å²) >= 11 is 0. The van der Waals surface area contributed by atoms with Crippen LogP contribution in [0, 0.1) is 0 Å². The maximum atomic E-state index is 11.0. The summed E-state index contributed by atoms with van der Waals surface area (Å²) in [4.78, 5) is 13.3. The quantitative estimate of drug-likeness (QED) is 0.925. The molecule has 5 nitrogen and oxygen atoms in total. The zero-order valence-corrected chi connectivity index (χ0v) is 11.4. The van der Waals surface area contributed by atoms with Crippen LogP contribution in [0.2, 0.25) is 0 Å². The Morgan fingerprint density at radius 3 is 2.85 bits per heavy atom. The van der Waals surface area contributed by atoms with Gasteiger partial charge in [0, 0.05) is 37.9 Å². The van der Waals surface area contributed by atoms with Crippen LogP contribution in [-0.2, 0) is 26.2 Å². The predicted octanol–water partition coefficient (Wildman–Crippen LogP) is 2.12. The summed E-state index contributed by atoms with van der Waals surface area (Å²) in [6.45, 7) is 5.45. The number of aryl methyl sites for hydroxylation is 1. The lowest BCUT2D eigenvalue weighted by Crippen LogP contribution is -2.15. The molecule has 0 radical (unpaired) electrons. The highest BCUT2D eigenvalue weighted by atomic mass is 16.4. The first-order valence-electron chi connectivity index (χ1n) is 6.74. The van der Waals surface area contributed by atoms with Crippen molar-refractivity contribution in [1.82, 2.24) is 14.7 Å². The molecule has 2 aromatic rings. The largest absolute Gasteiger partial charge is 0.478 e. The first-order chi connectivity index (χ1) is 9.65. The van der Waals surface area contributed by atoms with Crippen molar-refractivity contribution in [1.29, 1.82) is 0 Å². The molecule has 0 bridgehead atoms. The fourth-order valence-electron chi connectivity index (χ4n) is 2.63. The number of carboxylic acid groups (broad SMARTS) is 1. The maximum Gasteiger partial charge on any atom is 0.335 e. The minimum atomic E-state index is -0.865. The van der Waals surface area contributed by atoms with E-state index in [2.05, 4.69) is 23.1 Å². The smallest absolute Gasteiger partial charge is 0.335 e. The van der Waals surface area contributed by atoms with Gasteiger partial charge in [-0.15, -0.1) is 0 Å². The van der Waals surface area contributed by atoms with Crippen LogP contribution in [0.3, 0.4) is 0 Å². The van der Waals surface area contributed by atoms with Crippen LogP contribution < -0.4 is 0 Å². The first-order valence-corrected chi connectivity index (χ1v) is 6.74. The van der Waals surface area contributed by atoms with E-state index in [0.29, 0.717) is 5.56 Å². The fourth-order valence-corrected chi connectivity index (χ4v) is 2.63. The van der Waals surface area contributed by atoms with Crippen molar-refractivity contribution >= 4 is 5.97 Å². The van der Waals surface area contributed by atoms with Crippen molar-refractivity contribution in [3.05, 3.63) is 52.8 Å². The van der Waals surface area contributed by atoms with Gasteiger partial charge in [0.05, 0.1) is 11.8 Å². The van der Waals surface area contributed by atoms with Gasteiger partial charge in [-0.3, -0.25) is 9.58 Å². The Bertz CT molecular complexity index is 648. The molecule has 5 heteroatoms. The van der Waals surface area contributed by atoms with E-state index < -0.39 is 5.97 Å². The van der Waals surface area contributed by atoms with Gasteiger partial charge in [-0.25, -0.2) is 4.79 Å². The molecule has 20 heavy (non-hydrogen) atoms. The van der Waals surface area contributed by atoms with E-state index >= 15 is 0 Å². The number of fused-ring (bicyclic) bond motifs is 1. The molecule has 0 unspecified atom stereocenters. The summed E-state index contributed by atoms with van der Waals surface area (Å²) in [5, 5.41) is 13.3. The molecule has 2 heterocycles. The Labute approximate surface area is 117 Å². The number of carbonyl (C=O) groups is 1. The molecule has 0 fully saturated rings. The Morgan fingerprint density at radius 2 is 2.15 bits per heavy atom. The Kier molecular flexibility index (Phi) is 3.28. The number of aromatic carboxylic acids is 1. The second-order valence-corrected chi connectivity index (χ2v) is 5.14. The lowest BCUT2D eigenvalue weighted by molar-refractivity contribution is 0.0696. The highest BCUT2D eigenvalue weighted by Gasteiger charge is 2.20. The number of carboxylic acids is 1. The maximum absolute atomic E-state index is 11.0. The van der Waals surface area contributed by atoms with Gasteiger partial charge in [-0.2, -0.15) is 5.10 Å². The third kappa shape index (κ3) is 2.44. The minimum Gasteiger partial charge on any atom is -0.478 e. The number of hydrogen-bond donors (Lipinski definition) is 1. The van der Waals surface area contributed by atoms with Crippen molar-refractivity contribution < 1.29 is 9.90 Å². The van der Waals surface area contributed by atoms with E-state index in [1.807, 2.05) is 16.9 Å². The predicted molar refractivity (Wildman–Crippen MR) is 74.3 cm³/mol. The van der Waals surface area contributed by atoms with Crippen LogP contribution in [0.4, 0.5) is 0 Å². The molecule has 3 rings (SSSR count). The SMILES string of the molecule is CCn1cc(CN2Cc3ccc(C(=O)O)cc3C2)cn1. The van der Waals surface area contributed by atoms with Gasteiger partial charge >= 0.3 is 5.97 Å².